The van der Waals surface area contributed by atoms with Gasteiger partial charge < -0.3 is 4.74 Å². The van der Waals surface area contributed by atoms with Gasteiger partial charge in [0.25, 0.3) is 11.8 Å². The molecular weight excluding hydrogens is 509 g/mol. The first-order valence-electron chi connectivity index (χ1n) is 12.6. The molecule has 0 aliphatic carbocycles. The summed E-state index contributed by atoms with van der Waals surface area (Å²) in [5.74, 6) is -2.51. The van der Waals surface area contributed by atoms with Crippen molar-refractivity contribution in [2.24, 2.45) is 0 Å². The van der Waals surface area contributed by atoms with Crippen molar-refractivity contribution in [3.05, 3.63) is 126 Å². The summed E-state index contributed by atoms with van der Waals surface area (Å²) in [6.07, 6.45) is 0. The molecule has 0 radical (unpaired) electrons. The third-order valence-corrected chi connectivity index (χ3v) is 11.0. The molecule has 0 aromatic heterocycles. The first kappa shape index (κ1) is 26.1. The van der Waals surface area contributed by atoms with Gasteiger partial charge in [-0.3, -0.25) is 19.3 Å². The zero-order valence-corrected chi connectivity index (χ0v) is 22.2. The van der Waals surface area contributed by atoms with E-state index in [1.165, 1.54) is 0 Å². The lowest BCUT2D eigenvalue weighted by Gasteiger charge is -2.31. The number of ether oxygens (including phenoxy) is 1. The van der Waals surface area contributed by atoms with Gasteiger partial charge in [-0.2, -0.15) is 0 Å². The van der Waals surface area contributed by atoms with E-state index in [0.29, 0.717) is 0 Å². The molecule has 0 spiro atoms. The van der Waals surface area contributed by atoms with Gasteiger partial charge in [-0.05, 0) is 41.9 Å². The quantitative estimate of drug-likeness (QED) is 0.149. The van der Waals surface area contributed by atoms with E-state index in [4.69, 9.17) is 4.74 Å². The van der Waals surface area contributed by atoms with Crippen LogP contribution in [-0.4, -0.2) is 46.9 Å². The summed E-state index contributed by atoms with van der Waals surface area (Å²) >= 11 is 0. The Morgan fingerprint density at radius 2 is 1.03 bits per heavy atom. The van der Waals surface area contributed by atoms with Crippen LogP contribution in [0, 0.1) is 0 Å². The highest BCUT2D eigenvalue weighted by Gasteiger charge is 2.41. The highest BCUT2D eigenvalue weighted by molar-refractivity contribution is 7.97. The number of imide groups is 1. The molecule has 1 aliphatic heterocycles. The standard InChI is InChI=1S/C32H26NO5P/c1-2-38-32(37)29(28(34)22-33-30(35)26-20-12-13-21-27(26)31(33)36)39(23-14-6-3-7-15-23,24-16-8-4-9-17-24)25-18-10-5-11-19-25/h3-21H,2,22H2,1H3. The molecule has 39 heavy (non-hydrogen) atoms. The van der Waals surface area contributed by atoms with Crippen molar-refractivity contribution in [3.8, 4) is 0 Å². The highest BCUT2D eigenvalue weighted by atomic mass is 31.2. The van der Waals surface area contributed by atoms with Crippen LogP contribution in [-0.2, 0) is 14.3 Å². The molecular formula is C32H26NO5P. The SMILES string of the molecule is CCOC(=O)C(C(=O)CN1C(=O)c2ccccc2C1=O)=P(c1ccccc1)(c1ccccc1)c1ccccc1. The molecule has 4 aromatic carbocycles. The second kappa shape index (κ2) is 11.1. The van der Waals surface area contributed by atoms with Crippen molar-refractivity contribution < 1.29 is 23.9 Å². The van der Waals surface area contributed by atoms with Crippen molar-refractivity contribution >= 4 is 51.7 Å². The van der Waals surface area contributed by atoms with Crippen LogP contribution in [0.15, 0.2) is 115 Å². The lowest BCUT2D eigenvalue weighted by molar-refractivity contribution is -0.135. The first-order valence-corrected chi connectivity index (χ1v) is 14.4. The molecule has 0 unspecified atom stereocenters. The molecule has 1 heterocycles. The van der Waals surface area contributed by atoms with Gasteiger partial charge in [0, 0.05) is 0 Å². The number of ketones is 1. The van der Waals surface area contributed by atoms with Crippen LogP contribution >= 0.6 is 6.89 Å². The van der Waals surface area contributed by atoms with E-state index in [2.05, 4.69) is 0 Å². The normalized spacial score (nSPS) is 12.7. The van der Waals surface area contributed by atoms with E-state index >= 15 is 0 Å². The van der Waals surface area contributed by atoms with Gasteiger partial charge in [0.1, 0.15) is 5.29 Å². The molecule has 0 saturated heterocycles. The van der Waals surface area contributed by atoms with Crippen LogP contribution in [0.3, 0.4) is 0 Å². The number of amides is 2. The smallest absolute Gasteiger partial charge is 0.342 e. The summed E-state index contributed by atoms with van der Waals surface area (Å²) in [5.41, 5.74) is 0.478. The number of rotatable bonds is 8. The van der Waals surface area contributed by atoms with Crippen molar-refractivity contribution in [1.82, 2.24) is 4.90 Å². The van der Waals surface area contributed by atoms with Gasteiger partial charge >= 0.3 is 5.97 Å². The first-order chi connectivity index (χ1) is 19.0. The summed E-state index contributed by atoms with van der Waals surface area (Å²) in [5, 5.41) is 2.27. The Bertz CT molecular complexity index is 1480. The Morgan fingerprint density at radius 1 is 0.641 bits per heavy atom. The van der Waals surface area contributed by atoms with Crippen LogP contribution in [0.2, 0.25) is 0 Å². The Labute approximate surface area is 226 Å². The maximum absolute atomic E-state index is 14.4. The minimum absolute atomic E-state index is 0.0565. The fourth-order valence-electron chi connectivity index (χ4n) is 5.03. The number of hydrogen-bond acceptors (Lipinski definition) is 5. The minimum Gasteiger partial charge on any atom is -0.462 e. The number of carbonyl (C=O) groups excluding carboxylic acids is 4. The summed E-state index contributed by atoms with van der Waals surface area (Å²) in [6.45, 7) is -1.97. The fraction of sp³-hybridized carbons (Fsp3) is 0.0938. The Morgan fingerprint density at radius 3 is 1.41 bits per heavy atom. The Hall–Kier alpha value is -4.54. The molecule has 0 atom stereocenters. The molecule has 194 valence electrons. The molecule has 0 bridgehead atoms. The van der Waals surface area contributed by atoms with Gasteiger partial charge in [-0.25, -0.2) is 4.79 Å². The molecule has 5 rings (SSSR count). The third kappa shape index (κ3) is 4.53. The Balaban J connectivity index is 1.82. The summed E-state index contributed by atoms with van der Waals surface area (Å²) < 4.78 is 5.52. The minimum atomic E-state index is -3.13. The van der Waals surface area contributed by atoms with Gasteiger partial charge in [0.05, 0.1) is 24.3 Å². The summed E-state index contributed by atoms with van der Waals surface area (Å²) in [6, 6.07) is 34.7. The zero-order chi connectivity index (χ0) is 27.4. The Kier molecular flexibility index (Phi) is 7.40. The molecule has 0 N–H and O–H groups in total. The van der Waals surface area contributed by atoms with Gasteiger partial charge in [0.2, 0.25) is 0 Å². The second-order valence-corrected chi connectivity index (χ2v) is 12.2. The van der Waals surface area contributed by atoms with Crippen LogP contribution in [0.5, 0.6) is 0 Å². The van der Waals surface area contributed by atoms with E-state index in [9.17, 15) is 19.2 Å². The number of benzene rings is 4. The van der Waals surface area contributed by atoms with Crippen molar-refractivity contribution in [2.75, 3.05) is 13.2 Å². The lowest BCUT2D eigenvalue weighted by Crippen LogP contribution is -2.44. The molecule has 0 saturated carbocycles. The molecule has 1 aliphatic rings. The van der Waals surface area contributed by atoms with Crippen LogP contribution in [0.1, 0.15) is 27.6 Å². The average Bonchev–Trinajstić information content (AvgIpc) is 3.22. The fourth-order valence-corrected chi connectivity index (χ4v) is 9.34. The molecule has 2 amide bonds. The van der Waals surface area contributed by atoms with Crippen molar-refractivity contribution in [2.45, 2.75) is 6.92 Å². The number of fused-ring (bicyclic) bond motifs is 1. The van der Waals surface area contributed by atoms with Gasteiger partial charge in [0.15, 0.2) is 5.78 Å². The predicted molar refractivity (Wildman–Crippen MR) is 154 cm³/mol. The number of carbonyl (C=O) groups is 4. The van der Waals surface area contributed by atoms with Gasteiger partial charge in [-0.1, -0.05) is 103 Å². The van der Waals surface area contributed by atoms with Crippen molar-refractivity contribution in [3.63, 3.8) is 0 Å². The van der Waals surface area contributed by atoms with Crippen LogP contribution in [0.4, 0.5) is 0 Å². The number of hydrogen-bond donors (Lipinski definition) is 0. The van der Waals surface area contributed by atoms with Crippen LogP contribution < -0.4 is 15.9 Å². The highest BCUT2D eigenvalue weighted by Crippen LogP contribution is 2.46. The number of Topliss-reactive ketones (excluding diaryl/α,β-unsaturated/α-hetero) is 1. The van der Waals surface area contributed by atoms with E-state index in [1.807, 2.05) is 91.0 Å². The molecule has 0 fully saturated rings. The van der Waals surface area contributed by atoms with E-state index in [-0.39, 0.29) is 23.0 Å². The zero-order valence-electron chi connectivity index (χ0n) is 21.3. The third-order valence-electron chi connectivity index (χ3n) is 6.68. The second-order valence-electron chi connectivity index (χ2n) is 8.91. The van der Waals surface area contributed by atoms with E-state index in [1.54, 1.807) is 31.2 Å². The number of nitrogens with zero attached hydrogens (tertiary/aromatic N) is 1. The van der Waals surface area contributed by atoms with Crippen molar-refractivity contribution in [1.29, 1.82) is 0 Å². The molecule has 6 nitrogen and oxygen atoms in total. The topological polar surface area (TPSA) is 80.8 Å². The predicted octanol–water partition coefficient (Wildman–Crippen LogP) is 3.58. The van der Waals surface area contributed by atoms with E-state index < -0.39 is 37.0 Å². The van der Waals surface area contributed by atoms with E-state index in [0.717, 1.165) is 20.8 Å². The number of esters is 1. The maximum Gasteiger partial charge on any atom is 0.342 e. The largest absolute Gasteiger partial charge is 0.462 e. The monoisotopic (exact) mass is 535 g/mol. The van der Waals surface area contributed by atoms with Gasteiger partial charge in [-0.15, -0.1) is 0 Å². The molecule has 4 aromatic rings. The summed E-state index contributed by atoms with van der Waals surface area (Å²) in [4.78, 5) is 55.5. The summed E-state index contributed by atoms with van der Waals surface area (Å²) in [7, 11) is 0. The van der Waals surface area contributed by atoms with Crippen LogP contribution in [0.25, 0.3) is 0 Å². The molecule has 7 heteroatoms. The lowest BCUT2D eigenvalue weighted by atomic mass is 10.1. The average molecular weight is 536 g/mol. The maximum atomic E-state index is 14.4.